The van der Waals surface area contributed by atoms with Crippen LogP contribution >= 0.6 is 0 Å². The highest BCUT2D eigenvalue weighted by Crippen LogP contribution is 2.65. The van der Waals surface area contributed by atoms with Crippen LogP contribution in [0.1, 0.15) is 97.8 Å². The molecule has 1 heterocycles. The maximum Gasteiger partial charge on any atom is 0.289 e. The molecule has 0 aromatic heterocycles. The minimum Gasteiger partial charge on any atom is -0.378 e. The van der Waals surface area contributed by atoms with E-state index in [0.717, 1.165) is 50.9 Å². The van der Waals surface area contributed by atoms with Crippen molar-refractivity contribution in [2.24, 2.45) is 35.0 Å². The molecule has 10 nitrogen and oxygen atoms in total. The normalized spacial score (nSPS) is 29.1. The van der Waals surface area contributed by atoms with Crippen molar-refractivity contribution in [3.63, 3.8) is 0 Å². The van der Waals surface area contributed by atoms with Gasteiger partial charge in [0.15, 0.2) is 0 Å². The van der Waals surface area contributed by atoms with Crippen molar-refractivity contribution in [2.75, 3.05) is 13.1 Å². The second kappa shape index (κ2) is 13.8. The van der Waals surface area contributed by atoms with Crippen LogP contribution in [0.5, 0.6) is 0 Å². The molecular weight excluding hydrogens is 524 g/mol. The van der Waals surface area contributed by atoms with E-state index in [1.54, 1.807) is 20.8 Å². The van der Waals surface area contributed by atoms with Crippen LogP contribution in [-0.2, 0) is 24.0 Å². The molecule has 1 aliphatic heterocycles. The van der Waals surface area contributed by atoms with Gasteiger partial charge in [0.05, 0.1) is 6.04 Å². The molecule has 0 aromatic rings. The standard InChI is InChI=1S/C31H50N4O6/c1-18(2)34-30(41)26(37)24(13-22-10-12-33-28(22)39)35-27(38)19(3)7-6-11-32-29(40)23(21-8-4-5-9-21)14-25(36)31-15-20(16-31)17-31/h18-24,28,33,39H,4-17H2,1-3H3,(H,32,40)(H,34,41)(H,35,38)/t19-,20?,22-,23-,24-,28?,31?/m0/s1. The number of carbonyl (C=O) groups excluding carboxylic acids is 5. The molecule has 0 radical (unpaired) electrons. The zero-order chi connectivity index (χ0) is 29.7. The van der Waals surface area contributed by atoms with Gasteiger partial charge in [0.25, 0.3) is 5.91 Å². The van der Waals surface area contributed by atoms with Gasteiger partial charge in [-0.25, -0.2) is 0 Å². The number of nitrogens with one attached hydrogen (secondary N) is 4. The fraction of sp³-hybridized carbons (Fsp3) is 0.839. The second-order valence-corrected chi connectivity index (χ2v) is 13.6. The summed E-state index contributed by atoms with van der Waals surface area (Å²) in [7, 11) is 0. The Bertz CT molecular complexity index is 976. The quantitative estimate of drug-likeness (QED) is 0.140. The van der Waals surface area contributed by atoms with Crippen LogP contribution in [0.15, 0.2) is 0 Å². The van der Waals surface area contributed by atoms with Crippen molar-refractivity contribution in [3.8, 4) is 0 Å². The van der Waals surface area contributed by atoms with Gasteiger partial charge in [0.2, 0.25) is 17.6 Å². The Morgan fingerprint density at radius 2 is 1.63 bits per heavy atom. The summed E-state index contributed by atoms with van der Waals surface area (Å²) >= 11 is 0. The van der Waals surface area contributed by atoms with Crippen LogP contribution in [-0.4, -0.2) is 65.8 Å². The Morgan fingerprint density at radius 1 is 0.951 bits per heavy atom. The fourth-order valence-corrected chi connectivity index (χ4v) is 7.28. The average Bonchev–Trinajstić information content (AvgIpc) is 3.53. The lowest BCUT2D eigenvalue weighted by molar-refractivity contribution is -0.164. The maximum absolute atomic E-state index is 13.2. The fourth-order valence-electron chi connectivity index (χ4n) is 7.28. The molecule has 230 valence electrons. The van der Waals surface area contributed by atoms with E-state index >= 15 is 0 Å². The summed E-state index contributed by atoms with van der Waals surface area (Å²) in [5.41, 5.74) is -0.119. The van der Waals surface area contributed by atoms with Crippen LogP contribution in [0, 0.1) is 35.0 Å². The first-order valence-electron chi connectivity index (χ1n) is 15.9. The first-order chi connectivity index (χ1) is 19.5. The molecule has 0 aromatic carbocycles. The highest BCUT2D eigenvalue weighted by molar-refractivity contribution is 6.38. The average molecular weight is 575 g/mol. The summed E-state index contributed by atoms with van der Waals surface area (Å²) in [4.78, 5) is 64.6. The predicted octanol–water partition coefficient (Wildman–Crippen LogP) is 1.98. The van der Waals surface area contributed by atoms with Gasteiger partial charge in [-0.1, -0.05) is 19.8 Å². The molecule has 1 unspecified atom stereocenters. The van der Waals surface area contributed by atoms with Crippen molar-refractivity contribution in [1.29, 1.82) is 0 Å². The molecule has 10 heteroatoms. The number of aliphatic hydroxyl groups is 1. The predicted molar refractivity (Wildman–Crippen MR) is 153 cm³/mol. The van der Waals surface area contributed by atoms with Crippen LogP contribution in [0.2, 0.25) is 0 Å². The van der Waals surface area contributed by atoms with E-state index in [-0.39, 0.29) is 53.2 Å². The highest BCUT2D eigenvalue weighted by atomic mass is 16.3. The Kier molecular flexibility index (Phi) is 10.6. The van der Waals surface area contributed by atoms with E-state index in [2.05, 4.69) is 21.3 Å². The van der Waals surface area contributed by atoms with Gasteiger partial charge in [-0.3, -0.25) is 29.3 Å². The molecule has 4 aliphatic carbocycles. The molecule has 3 amide bonds. The van der Waals surface area contributed by atoms with Crippen molar-refractivity contribution < 1.29 is 29.1 Å². The minimum atomic E-state index is -1.02. The van der Waals surface area contributed by atoms with E-state index in [4.69, 9.17) is 0 Å². The van der Waals surface area contributed by atoms with E-state index in [9.17, 15) is 29.1 Å². The lowest BCUT2D eigenvalue weighted by Crippen LogP contribution is -2.57. The van der Waals surface area contributed by atoms with Crippen LogP contribution < -0.4 is 21.3 Å². The first-order valence-corrected chi connectivity index (χ1v) is 15.9. The summed E-state index contributed by atoms with van der Waals surface area (Å²) in [6.45, 7) is 6.31. The van der Waals surface area contributed by atoms with E-state index in [0.29, 0.717) is 38.8 Å². The number of aliphatic hydroxyl groups excluding tert-OH is 1. The van der Waals surface area contributed by atoms with Crippen LogP contribution in [0.25, 0.3) is 0 Å². The lowest BCUT2D eigenvalue weighted by atomic mass is 9.42. The number of carbonyl (C=O) groups is 5. The molecule has 5 N–H and O–H groups in total. The number of hydrogen-bond acceptors (Lipinski definition) is 7. The van der Waals surface area contributed by atoms with E-state index < -0.39 is 29.9 Å². The summed E-state index contributed by atoms with van der Waals surface area (Å²) < 4.78 is 0. The van der Waals surface area contributed by atoms with Gasteiger partial charge < -0.3 is 21.1 Å². The van der Waals surface area contributed by atoms with Crippen LogP contribution in [0.3, 0.4) is 0 Å². The van der Waals surface area contributed by atoms with Gasteiger partial charge in [0, 0.05) is 42.2 Å². The summed E-state index contributed by atoms with van der Waals surface area (Å²) in [6, 6.07) is -1.24. The Hall–Kier alpha value is -2.33. The monoisotopic (exact) mass is 574 g/mol. The third kappa shape index (κ3) is 7.74. The number of rotatable bonds is 16. The van der Waals surface area contributed by atoms with Gasteiger partial charge in [-0.05, 0) is 90.0 Å². The number of amides is 3. The zero-order valence-corrected chi connectivity index (χ0v) is 25.0. The molecule has 5 fully saturated rings. The Labute approximate surface area is 243 Å². The van der Waals surface area contributed by atoms with Gasteiger partial charge in [-0.2, -0.15) is 0 Å². The van der Waals surface area contributed by atoms with Crippen LogP contribution in [0.4, 0.5) is 0 Å². The third-order valence-corrected chi connectivity index (χ3v) is 10.0. The smallest absolute Gasteiger partial charge is 0.289 e. The molecule has 2 bridgehead atoms. The summed E-state index contributed by atoms with van der Waals surface area (Å²) in [5.74, 6) is -1.48. The summed E-state index contributed by atoms with van der Waals surface area (Å²) in [6.07, 6.45) is 8.74. The largest absolute Gasteiger partial charge is 0.378 e. The molecular formula is C31H50N4O6. The number of hydrogen-bond donors (Lipinski definition) is 5. The van der Waals surface area contributed by atoms with Crippen molar-refractivity contribution in [3.05, 3.63) is 0 Å². The van der Waals surface area contributed by atoms with Gasteiger partial charge >= 0.3 is 0 Å². The summed E-state index contributed by atoms with van der Waals surface area (Å²) in [5, 5.41) is 21.5. The number of Topliss-reactive ketones (excluding diaryl/α,β-unsaturated/α-hetero) is 2. The highest BCUT2D eigenvalue weighted by Gasteiger charge is 2.61. The first kappa shape index (κ1) is 31.6. The van der Waals surface area contributed by atoms with Crippen molar-refractivity contribution >= 4 is 29.3 Å². The lowest BCUT2D eigenvalue weighted by Gasteiger charge is -2.60. The topological polar surface area (TPSA) is 154 Å². The van der Waals surface area contributed by atoms with Crippen molar-refractivity contribution in [1.82, 2.24) is 21.3 Å². The molecule has 0 spiro atoms. The molecule has 5 rings (SSSR count). The molecule has 4 saturated carbocycles. The molecule has 1 saturated heterocycles. The Morgan fingerprint density at radius 3 is 2.20 bits per heavy atom. The third-order valence-electron chi connectivity index (χ3n) is 10.0. The molecule has 5 atom stereocenters. The van der Waals surface area contributed by atoms with Crippen molar-refractivity contribution in [2.45, 2.75) is 116 Å². The number of ketones is 2. The SMILES string of the molecule is CC(C)NC(=O)C(=O)[C@H](C[C@@H]1CCNC1O)NC(=O)[C@@H](C)CCCNC(=O)[C@@H](CC(=O)C12CC(C1)C2)C1CCCC1. The Balaban J connectivity index is 1.24. The van der Waals surface area contributed by atoms with E-state index in [1.807, 2.05) is 0 Å². The zero-order valence-electron chi connectivity index (χ0n) is 25.0. The molecule has 5 aliphatic rings. The second-order valence-electron chi connectivity index (χ2n) is 13.6. The van der Waals surface area contributed by atoms with Gasteiger partial charge in [0.1, 0.15) is 12.0 Å². The van der Waals surface area contributed by atoms with E-state index in [1.165, 1.54) is 0 Å². The molecule has 41 heavy (non-hydrogen) atoms. The van der Waals surface area contributed by atoms with Gasteiger partial charge in [-0.15, -0.1) is 0 Å². The minimum absolute atomic E-state index is 0.0421. The maximum atomic E-state index is 13.2.